The second-order valence-corrected chi connectivity index (χ2v) is 12.1. The first-order valence-electron chi connectivity index (χ1n) is 10.2. The Balaban J connectivity index is 1.74. The molecule has 1 atom stereocenters. The fourth-order valence-corrected chi connectivity index (χ4v) is 5.69. The van der Waals surface area contributed by atoms with Crippen LogP contribution in [0.15, 0.2) is 58.3 Å². The number of benzene rings is 2. The van der Waals surface area contributed by atoms with Crippen LogP contribution in [-0.4, -0.2) is 46.4 Å². The normalized spacial score (nSPS) is 17.3. The molecular formula is C22H28N2O5S2. The van der Waals surface area contributed by atoms with Crippen molar-refractivity contribution in [3.05, 3.63) is 59.7 Å². The summed E-state index contributed by atoms with van der Waals surface area (Å²) in [6.45, 7) is 4.87. The van der Waals surface area contributed by atoms with Gasteiger partial charge >= 0.3 is 0 Å². The molecule has 0 aromatic heterocycles. The molecule has 1 N–H and O–H groups in total. The number of hydrogen-bond acceptors (Lipinski definition) is 5. The van der Waals surface area contributed by atoms with E-state index < -0.39 is 25.8 Å². The lowest BCUT2D eigenvalue weighted by molar-refractivity contribution is 0.0939. The average Bonchev–Trinajstić information content (AvgIpc) is 2.73. The molecule has 1 fully saturated rings. The van der Waals surface area contributed by atoms with Crippen LogP contribution in [0.4, 0.5) is 0 Å². The molecule has 1 saturated heterocycles. The third-order valence-electron chi connectivity index (χ3n) is 5.63. The van der Waals surface area contributed by atoms with E-state index >= 15 is 0 Å². The van der Waals surface area contributed by atoms with Gasteiger partial charge in [0.1, 0.15) is 0 Å². The molecule has 31 heavy (non-hydrogen) atoms. The minimum absolute atomic E-state index is 0.111. The lowest BCUT2D eigenvalue weighted by Crippen LogP contribution is -2.38. The van der Waals surface area contributed by atoms with Crippen LogP contribution >= 0.6 is 0 Å². The number of sulfone groups is 1. The highest BCUT2D eigenvalue weighted by Gasteiger charge is 2.28. The van der Waals surface area contributed by atoms with E-state index in [0.29, 0.717) is 19.0 Å². The van der Waals surface area contributed by atoms with Gasteiger partial charge in [-0.15, -0.1) is 0 Å². The number of amides is 1. The third-order valence-corrected chi connectivity index (χ3v) is 8.66. The molecule has 0 unspecified atom stereocenters. The van der Waals surface area contributed by atoms with Crippen molar-refractivity contribution in [3.8, 4) is 0 Å². The van der Waals surface area contributed by atoms with Crippen molar-refractivity contribution in [2.75, 3.05) is 19.3 Å². The number of carbonyl (C=O) groups excluding carboxylic acids is 1. The van der Waals surface area contributed by atoms with E-state index in [0.717, 1.165) is 24.7 Å². The molecule has 2 aromatic carbocycles. The zero-order valence-electron chi connectivity index (χ0n) is 17.9. The molecule has 0 spiro atoms. The number of rotatable bonds is 6. The Morgan fingerprint density at radius 1 is 1.00 bits per heavy atom. The van der Waals surface area contributed by atoms with Gasteiger partial charge in [-0.3, -0.25) is 4.79 Å². The van der Waals surface area contributed by atoms with Gasteiger partial charge in [0.2, 0.25) is 10.0 Å². The standard InChI is InChI=1S/C22H28N2O5S2/c1-16-11-13-24(14-12-16)31(28,29)21-6-4-5-19(15-21)22(25)23-17(2)18-7-9-20(10-8-18)30(3,26)27/h4-10,15-17H,11-14H2,1-3H3,(H,23,25)/t17-/m1/s1. The summed E-state index contributed by atoms with van der Waals surface area (Å²) in [6.07, 6.45) is 2.79. The van der Waals surface area contributed by atoms with Gasteiger partial charge in [-0.25, -0.2) is 16.8 Å². The van der Waals surface area contributed by atoms with Gasteiger partial charge in [-0.05, 0) is 61.6 Å². The molecule has 3 rings (SSSR count). The molecule has 0 saturated carbocycles. The SMILES string of the molecule is CC1CCN(S(=O)(=O)c2cccc(C(=O)N[C@H](C)c3ccc(S(C)(=O)=O)cc3)c2)CC1. The maximum absolute atomic E-state index is 13.0. The van der Waals surface area contributed by atoms with Gasteiger partial charge in [0, 0.05) is 24.9 Å². The van der Waals surface area contributed by atoms with Crippen LogP contribution in [0.5, 0.6) is 0 Å². The van der Waals surface area contributed by atoms with Gasteiger partial charge in [-0.1, -0.05) is 25.1 Å². The van der Waals surface area contributed by atoms with Crippen molar-refractivity contribution in [1.82, 2.24) is 9.62 Å². The minimum atomic E-state index is -3.64. The lowest BCUT2D eigenvalue weighted by atomic mass is 10.0. The Kier molecular flexibility index (Phi) is 6.88. The number of nitrogens with zero attached hydrogens (tertiary/aromatic N) is 1. The molecule has 1 heterocycles. The van der Waals surface area contributed by atoms with Gasteiger partial charge in [0.15, 0.2) is 9.84 Å². The monoisotopic (exact) mass is 464 g/mol. The van der Waals surface area contributed by atoms with Crippen molar-refractivity contribution >= 4 is 25.8 Å². The van der Waals surface area contributed by atoms with Crippen LogP contribution in [-0.2, 0) is 19.9 Å². The average molecular weight is 465 g/mol. The van der Waals surface area contributed by atoms with E-state index in [2.05, 4.69) is 12.2 Å². The Bertz CT molecular complexity index is 1150. The highest BCUT2D eigenvalue weighted by Crippen LogP contribution is 2.24. The molecular weight excluding hydrogens is 436 g/mol. The highest BCUT2D eigenvalue weighted by molar-refractivity contribution is 7.90. The van der Waals surface area contributed by atoms with E-state index in [1.54, 1.807) is 31.2 Å². The lowest BCUT2D eigenvalue weighted by Gasteiger charge is -2.29. The minimum Gasteiger partial charge on any atom is -0.346 e. The zero-order valence-corrected chi connectivity index (χ0v) is 19.5. The topological polar surface area (TPSA) is 101 Å². The van der Waals surface area contributed by atoms with Crippen LogP contribution in [0, 0.1) is 5.92 Å². The van der Waals surface area contributed by atoms with Crippen molar-refractivity contribution in [1.29, 1.82) is 0 Å². The predicted octanol–water partition coefficient (Wildman–Crippen LogP) is 3.00. The van der Waals surface area contributed by atoms with Crippen LogP contribution < -0.4 is 5.32 Å². The summed E-state index contributed by atoms with van der Waals surface area (Å²) in [5.74, 6) is 0.112. The summed E-state index contributed by atoms with van der Waals surface area (Å²) in [4.78, 5) is 13.1. The summed E-state index contributed by atoms with van der Waals surface area (Å²) >= 11 is 0. The van der Waals surface area contributed by atoms with E-state index in [1.807, 2.05) is 0 Å². The summed E-state index contributed by atoms with van der Waals surface area (Å²) in [5, 5.41) is 2.84. The van der Waals surface area contributed by atoms with E-state index in [1.165, 1.54) is 28.6 Å². The Labute approximate surface area is 184 Å². The fourth-order valence-electron chi connectivity index (χ4n) is 3.54. The number of sulfonamides is 1. The summed E-state index contributed by atoms with van der Waals surface area (Å²) in [7, 11) is -6.94. The molecule has 9 heteroatoms. The first-order valence-corrected chi connectivity index (χ1v) is 13.5. The fraction of sp³-hybridized carbons (Fsp3) is 0.409. The van der Waals surface area contributed by atoms with Crippen LogP contribution in [0.2, 0.25) is 0 Å². The summed E-state index contributed by atoms with van der Waals surface area (Å²) < 4.78 is 50.6. The maximum atomic E-state index is 13.0. The summed E-state index contributed by atoms with van der Waals surface area (Å²) in [5.41, 5.74) is 0.998. The van der Waals surface area contributed by atoms with Crippen molar-refractivity contribution in [2.24, 2.45) is 5.92 Å². The second kappa shape index (κ2) is 9.10. The Hall–Kier alpha value is -2.23. The molecule has 1 aliphatic rings. The number of piperidine rings is 1. The molecule has 7 nitrogen and oxygen atoms in total. The Morgan fingerprint density at radius 3 is 2.19 bits per heavy atom. The summed E-state index contributed by atoms with van der Waals surface area (Å²) in [6, 6.07) is 12.0. The van der Waals surface area contributed by atoms with Gasteiger partial charge in [0.05, 0.1) is 15.8 Å². The smallest absolute Gasteiger partial charge is 0.251 e. The number of carbonyl (C=O) groups is 1. The molecule has 0 bridgehead atoms. The van der Waals surface area contributed by atoms with E-state index in [-0.39, 0.29) is 21.4 Å². The van der Waals surface area contributed by atoms with Crippen molar-refractivity contribution < 1.29 is 21.6 Å². The van der Waals surface area contributed by atoms with Gasteiger partial charge < -0.3 is 5.32 Å². The quantitative estimate of drug-likeness (QED) is 0.708. The van der Waals surface area contributed by atoms with Crippen molar-refractivity contribution in [2.45, 2.75) is 42.5 Å². The second-order valence-electron chi connectivity index (χ2n) is 8.15. The van der Waals surface area contributed by atoms with Crippen LogP contribution in [0.1, 0.15) is 48.7 Å². The molecule has 168 valence electrons. The van der Waals surface area contributed by atoms with Crippen LogP contribution in [0.3, 0.4) is 0 Å². The van der Waals surface area contributed by atoms with Gasteiger partial charge in [0.25, 0.3) is 5.91 Å². The first-order chi connectivity index (χ1) is 14.5. The highest BCUT2D eigenvalue weighted by atomic mass is 32.2. The van der Waals surface area contributed by atoms with E-state index in [4.69, 9.17) is 0 Å². The van der Waals surface area contributed by atoms with Crippen LogP contribution in [0.25, 0.3) is 0 Å². The predicted molar refractivity (Wildman–Crippen MR) is 119 cm³/mol. The number of nitrogens with one attached hydrogen (secondary N) is 1. The molecule has 0 aliphatic carbocycles. The molecule has 2 aromatic rings. The maximum Gasteiger partial charge on any atom is 0.251 e. The molecule has 1 aliphatic heterocycles. The Morgan fingerprint density at radius 2 is 1.61 bits per heavy atom. The first kappa shape index (κ1) is 23.4. The molecule has 1 amide bonds. The number of hydrogen-bond donors (Lipinski definition) is 1. The third kappa shape index (κ3) is 5.53. The zero-order chi connectivity index (χ0) is 22.8. The van der Waals surface area contributed by atoms with Gasteiger partial charge in [-0.2, -0.15) is 4.31 Å². The van der Waals surface area contributed by atoms with E-state index in [9.17, 15) is 21.6 Å². The largest absolute Gasteiger partial charge is 0.346 e. The van der Waals surface area contributed by atoms with Crippen molar-refractivity contribution in [3.63, 3.8) is 0 Å². The molecule has 0 radical (unpaired) electrons.